The largest absolute Gasteiger partial charge is 0.302 e. The van der Waals surface area contributed by atoms with E-state index in [0.717, 1.165) is 22.4 Å². The fourth-order valence-electron chi connectivity index (χ4n) is 2.83. The van der Waals surface area contributed by atoms with E-state index in [1.54, 1.807) is 23.1 Å². The molecule has 1 N–H and O–H groups in total. The summed E-state index contributed by atoms with van der Waals surface area (Å²) < 4.78 is 1.12. The molecule has 26 heavy (non-hydrogen) atoms. The number of anilines is 1. The molecule has 0 radical (unpaired) electrons. The second-order valence-electron chi connectivity index (χ2n) is 5.97. The smallest absolute Gasteiger partial charge is 0.226 e. The fraction of sp³-hybridized carbons (Fsp3) is 0.143. The van der Waals surface area contributed by atoms with E-state index in [9.17, 15) is 4.79 Å². The fourth-order valence-corrected chi connectivity index (χ4v) is 4.72. The SMILES string of the molecule is O=C(CCCSc1ccccc1)Nc1nc2ccc3ccccc3c2s1. The molecule has 0 saturated heterocycles. The molecule has 3 nitrogen and oxygen atoms in total. The zero-order valence-electron chi connectivity index (χ0n) is 14.1. The Bertz CT molecular complexity index is 1040. The van der Waals surface area contributed by atoms with Crippen LogP contribution in [-0.2, 0) is 4.79 Å². The number of amides is 1. The maximum absolute atomic E-state index is 12.2. The molecule has 0 saturated carbocycles. The van der Waals surface area contributed by atoms with E-state index in [-0.39, 0.29) is 5.91 Å². The third-order valence-corrected chi connectivity index (χ3v) is 6.20. The minimum absolute atomic E-state index is 0.0297. The molecule has 0 fully saturated rings. The highest BCUT2D eigenvalue weighted by Crippen LogP contribution is 2.32. The molecule has 0 bridgehead atoms. The molecule has 0 aliphatic rings. The van der Waals surface area contributed by atoms with Gasteiger partial charge < -0.3 is 5.32 Å². The van der Waals surface area contributed by atoms with Crippen LogP contribution in [0.3, 0.4) is 0 Å². The summed E-state index contributed by atoms with van der Waals surface area (Å²) in [4.78, 5) is 18.0. The summed E-state index contributed by atoms with van der Waals surface area (Å²) in [5.74, 6) is 0.962. The van der Waals surface area contributed by atoms with Gasteiger partial charge >= 0.3 is 0 Å². The van der Waals surface area contributed by atoms with E-state index in [1.165, 1.54) is 15.7 Å². The summed E-state index contributed by atoms with van der Waals surface area (Å²) in [6.07, 6.45) is 1.36. The Morgan fingerprint density at radius 2 is 1.81 bits per heavy atom. The van der Waals surface area contributed by atoms with Crippen LogP contribution in [0.5, 0.6) is 0 Å². The average molecular weight is 379 g/mol. The van der Waals surface area contributed by atoms with Gasteiger partial charge in [-0.15, -0.1) is 11.8 Å². The van der Waals surface area contributed by atoms with Crippen LogP contribution in [0.4, 0.5) is 5.13 Å². The van der Waals surface area contributed by atoms with Crippen molar-refractivity contribution in [3.63, 3.8) is 0 Å². The summed E-state index contributed by atoms with van der Waals surface area (Å²) >= 11 is 3.32. The number of fused-ring (bicyclic) bond motifs is 3. The Morgan fingerprint density at radius 3 is 2.69 bits per heavy atom. The molecule has 4 rings (SSSR count). The maximum atomic E-state index is 12.2. The van der Waals surface area contributed by atoms with Crippen molar-refractivity contribution >= 4 is 55.1 Å². The summed E-state index contributed by atoms with van der Waals surface area (Å²) in [6.45, 7) is 0. The van der Waals surface area contributed by atoms with Gasteiger partial charge in [0, 0.05) is 16.7 Å². The monoisotopic (exact) mass is 378 g/mol. The Hall–Kier alpha value is -2.37. The van der Waals surface area contributed by atoms with Gasteiger partial charge in [-0.3, -0.25) is 4.79 Å². The summed E-state index contributed by atoms with van der Waals surface area (Å²) in [6, 6.07) is 22.6. The van der Waals surface area contributed by atoms with Crippen LogP contribution in [0.15, 0.2) is 71.6 Å². The third kappa shape index (κ3) is 3.89. The highest BCUT2D eigenvalue weighted by molar-refractivity contribution is 7.99. The van der Waals surface area contributed by atoms with Gasteiger partial charge in [0.15, 0.2) is 5.13 Å². The first-order chi connectivity index (χ1) is 12.8. The number of hydrogen-bond acceptors (Lipinski definition) is 4. The summed E-state index contributed by atoms with van der Waals surface area (Å²) in [5.41, 5.74) is 0.934. The first-order valence-electron chi connectivity index (χ1n) is 8.55. The number of nitrogens with zero attached hydrogens (tertiary/aromatic N) is 1. The lowest BCUT2D eigenvalue weighted by Crippen LogP contribution is -2.11. The number of rotatable bonds is 6. The molecule has 4 aromatic rings. The van der Waals surface area contributed by atoms with E-state index in [1.807, 2.05) is 36.4 Å². The molecule has 0 unspecified atom stereocenters. The van der Waals surface area contributed by atoms with Crippen LogP contribution in [0, 0.1) is 0 Å². The lowest BCUT2D eigenvalue weighted by Gasteiger charge is -2.02. The average Bonchev–Trinajstić information content (AvgIpc) is 3.09. The zero-order valence-corrected chi connectivity index (χ0v) is 15.8. The van der Waals surface area contributed by atoms with E-state index in [2.05, 4.69) is 40.6 Å². The van der Waals surface area contributed by atoms with Crippen molar-refractivity contribution < 1.29 is 4.79 Å². The maximum Gasteiger partial charge on any atom is 0.226 e. The Morgan fingerprint density at radius 1 is 1.00 bits per heavy atom. The topological polar surface area (TPSA) is 42.0 Å². The van der Waals surface area contributed by atoms with Crippen LogP contribution < -0.4 is 5.32 Å². The van der Waals surface area contributed by atoms with Gasteiger partial charge in [0.05, 0.1) is 10.2 Å². The van der Waals surface area contributed by atoms with E-state index in [4.69, 9.17) is 0 Å². The van der Waals surface area contributed by atoms with Crippen molar-refractivity contribution in [1.82, 2.24) is 4.98 Å². The number of carbonyl (C=O) groups is 1. The highest BCUT2D eigenvalue weighted by atomic mass is 32.2. The van der Waals surface area contributed by atoms with Crippen molar-refractivity contribution in [3.8, 4) is 0 Å². The number of thiazole rings is 1. The summed E-state index contributed by atoms with van der Waals surface area (Å²) in [7, 11) is 0. The van der Waals surface area contributed by atoms with Crippen molar-refractivity contribution in [2.75, 3.05) is 11.1 Å². The Balaban J connectivity index is 1.36. The minimum atomic E-state index is 0.0297. The lowest BCUT2D eigenvalue weighted by atomic mass is 10.1. The van der Waals surface area contributed by atoms with Gasteiger partial charge in [-0.25, -0.2) is 4.98 Å². The van der Waals surface area contributed by atoms with Crippen LogP contribution in [-0.4, -0.2) is 16.6 Å². The van der Waals surface area contributed by atoms with Gasteiger partial charge in [-0.05, 0) is 35.8 Å². The molecule has 0 aliphatic heterocycles. The molecule has 3 aromatic carbocycles. The van der Waals surface area contributed by atoms with Crippen LogP contribution >= 0.6 is 23.1 Å². The summed E-state index contributed by atoms with van der Waals surface area (Å²) in [5, 5.41) is 6.01. The molecule has 1 heterocycles. The number of benzene rings is 3. The van der Waals surface area contributed by atoms with E-state index in [0.29, 0.717) is 11.6 Å². The normalized spacial score (nSPS) is 11.1. The molecule has 1 aromatic heterocycles. The first-order valence-corrected chi connectivity index (χ1v) is 10.4. The molecular weight excluding hydrogens is 360 g/mol. The molecular formula is C21H18N2OS2. The van der Waals surface area contributed by atoms with Crippen LogP contribution in [0.1, 0.15) is 12.8 Å². The van der Waals surface area contributed by atoms with Gasteiger partial charge in [0.25, 0.3) is 0 Å². The molecule has 130 valence electrons. The van der Waals surface area contributed by atoms with Crippen LogP contribution in [0.2, 0.25) is 0 Å². The molecule has 0 atom stereocenters. The predicted molar refractivity (Wildman–Crippen MR) is 112 cm³/mol. The zero-order chi connectivity index (χ0) is 17.8. The molecule has 1 amide bonds. The highest BCUT2D eigenvalue weighted by Gasteiger charge is 2.10. The number of hydrogen-bond donors (Lipinski definition) is 1. The van der Waals surface area contributed by atoms with E-state index >= 15 is 0 Å². The third-order valence-electron chi connectivity index (χ3n) is 4.09. The van der Waals surface area contributed by atoms with Crippen molar-refractivity contribution in [1.29, 1.82) is 0 Å². The second kappa shape index (κ2) is 7.89. The molecule has 0 aliphatic carbocycles. The quantitative estimate of drug-likeness (QED) is 0.332. The second-order valence-corrected chi connectivity index (χ2v) is 8.13. The predicted octanol–water partition coefficient (Wildman–Crippen LogP) is 5.96. The van der Waals surface area contributed by atoms with Crippen molar-refractivity contribution in [3.05, 3.63) is 66.7 Å². The Labute approximate surface area is 160 Å². The molecule has 0 spiro atoms. The van der Waals surface area contributed by atoms with Gasteiger partial charge in [-0.2, -0.15) is 0 Å². The number of aromatic nitrogens is 1. The standard InChI is InChI=1S/C21H18N2OS2/c24-19(11-6-14-25-16-8-2-1-3-9-16)23-21-22-18-13-12-15-7-4-5-10-17(15)20(18)26-21/h1-5,7-10,12-13H,6,11,14H2,(H,22,23,24). The van der Waals surface area contributed by atoms with Crippen molar-refractivity contribution in [2.45, 2.75) is 17.7 Å². The van der Waals surface area contributed by atoms with E-state index < -0.39 is 0 Å². The van der Waals surface area contributed by atoms with Crippen LogP contribution in [0.25, 0.3) is 21.0 Å². The number of carbonyl (C=O) groups excluding carboxylic acids is 1. The van der Waals surface area contributed by atoms with Crippen molar-refractivity contribution in [2.24, 2.45) is 0 Å². The van der Waals surface area contributed by atoms with Gasteiger partial charge in [-0.1, -0.05) is 59.9 Å². The number of nitrogens with one attached hydrogen (secondary N) is 1. The number of thioether (sulfide) groups is 1. The minimum Gasteiger partial charge on any atom is -0.302 e. The molecule has 5 heteroatoms. The Kier molecular flexibility index (Phi) is 5.18. The lowest BCUT2D eigenvalue weighted by molar-refractivity contribution is -0.116. The van der Waals surface area contributed by atoms with Gasteiger partial charge in [0.2, 0.25) is 5.91 Å². The van der Waals surface area contributed by atoms with Gasteiger partial charge in [0.1, 0.15) is 0 Å². The first kappa shape index (κ1) is 17.1.